The number of amides is 1. The number of carbonyl (C=O) groups excluding carboxylic acids is 1. The van der Waals surface area contributed by atoms with E-state index in [1.165, 1.54) is 31.5 Å². The van der Waals surface area contributed by atoms with Gasteiger partial charge in [0.05, 0.1) is 0 Å². The molecule has 1 saturated heterocycles. The first-order chi connectivity index (χ1) is 8.24. The lowest BCUT2D eigenvalue weighted by molar-refractivity contribution is 0.0780. The maximum absolute atomic E-state index is 12.2. The topological polar surface area (TPSA) is 53.2 Å². The van der Waals surface area contributed by atoms with Gasteiger partial charge in [-0.05, 0) is 30.7 Å². The van der Waals surface area contributed by atoms with Crippen molar-refractivity contribution in [1.29, 1.82) is 0 Å². The van der Waals surface area contributed by atoms with Crippen molar-refractivity contribution in [2.75, 3.05) is 13.1 Å². The van der Waals surface area contributed by atoms with Gasteiger partial charge < -0.3 is 9.88 Å². The first-order valence-corrected chi connectivity index (χ1v) is 6.22. The molecule has 1 aromatic rings. The van der Waals surface area contributed by atoms with E-state index in [-0.39, 0.29) is 11.5 Å². The number of likely N-dealkylation sites (tertiary alicyclic amines) is 1. The van der Waals surface area contributed by atoms with Crippen molar-refractivity contribution in [1.82, 2.24) is 9.88 Å². The van der Waals surface area contributed by atoms with Crippen molar-refractivity contribution < 1.29 is 4.79 Å². The molecule has 2 heterocycles. The number of hydrogen-bond acceptors (Lipinski definition) is 2. The highest BCUT2D eigenvalue weighted by molar-refractivity contribution is 5.94. The number of rotatable bonds is 1. The number of hydrogen-bond donors (Lipinski definition) is 1. The molecule has 2 aliphatic rings. The Morgan fingerprint density at radius 2 is 2.00 bits per heavy atom. The van der Waals surface area contributed by atoms with Gasteiger partial charge in [0, 0.05) is 30.9 Å². The lowest BCUT2D eigenvalue weighted by atomic mass is 10.0. The van der Waals surface area contributed by atoms with Gasteiger partial charge in [0.25, 0.3) is 5.91 Å². The first-order valence-electron chi connectivity index (χ1n) is 6.22. The van der Waals surface area contributed by atoms with E-state index in [0.717, 1.165) is 13.1 Å². The first kappa shape index (κ1) is 10.6. The molecule has 1 aliphatic carbocycles. The SMILES string of the molecule is O=C(c1cc[nH]c(=O)c1)N1CC2CCCC2C1. The largest absolute Gasteiger partial charge is 0.338 e. The van der Waals surface area contributed by atoms with E-state index in [1.54, 1.807) is 6.07 Å². The maximum Gasteiger partial charge on any atom is 0.254 e. The fourth-order valence-electron chi connectivity index (χ4n) is 3.16. The lowest BCUT2D eigenvalue weighted by Gasteiger charge is -2.16. The molecule has 1 N–H and O–H groups in total. The highest BCUT2D eigenvalue weighted by atomic mass is 16.2. The summed E-state index contributed by atoms with van der Waals surface area (Å²) in [7, 11) is 0. The Morgan fingerprint density at radius 1 is 1.29 bits per heavy atom. The average molecular weight is 232 g/mol. The molecule has 2 atom stereocenters. The van der Waals surface area contributed by atoms with Gasteiger partial charge in [0.2, 0.25) is 5.56 Å². The summed E-state index contributed by atoms with van der Waals surface area (Å²) >= 11 is 0. The van der Waals surface area contributed by atoms with E-state index in [1.807, 2.05) is 4.90 Å². The number of fused-ring (bicyclic) bond motifs is 1. The normalized spacial score (nSPS) is 27.2. The van der Waals surface area contributed by atoms with Crippen LogP contribution in [0.4, 0.5) is 0 Å². The Labute approximate surface area is 99.6 Å². The molecule has 0 aromatic carbocycles. The fourth-order valence-corrected chi connectivity index (χ4v) is 3.16. The molecule has 4 nitrogen and oxygen atoms in total. The molecule has 2 unspecified atom stereocenters. The third kappa shape index (κ3) is 1.88. The average Bonchev–Trinajstić information content (AvgIpc) is 2.88. The maximum atomic E-state index is 12.2. The molecular formula is C13H16N2O2. The van der Waals surface area contributed by atoms with Crippen LogP contribution in [0.15, 0.2) is 23.1 Å². The fraction of sp³-hybridized carbons (Fsp3) is 0.538. The van der Waals surface area contributed by atoms with Crippen molar-refractivity contribution >= 4 is 5.91 Å². The molecule has 90 valence electrons. The summed E-state index contributed by atoms with van der Waals surface area (Å²) in [6, 6.07) is 3.06. The van der Waals surface area contributed by atoms with Crippen molar-refractivity contribution in [3.63, 3.8) is 0 Å². The number of aromatic amines is 1. The zero-order chi connectivity index (χ0) is 11.8. The summed E-state index contributed by atoms with van der Waals surface area (Å²) in [5.74, 6) is 1.40. The van der Waals surface area contributed by atoms with Gasteiger partial charge in [0.15, 0.2) is 0 Å². The Hall–Kier alpha value is -1.58. The van der Waals surface area contributed by atoms with Gasteiger partial charge in [-0.3, -0.25) is 9.59 Å². The molecular weight excluding hydrogens is 216 g/mol. The predicted molar refractivity (Wildman–Crippen MR) is 63.8 cm³/mol. The zero-order valence-electron chi connectivity index (χ0n) is 9.69. The van der Waals surface area contributed by atoms with Gasteiger partial charge in [-0.25, -0.2) is 0 Å². The molecule has 3 rings (SSSR count). The van der Waals surface area contributed by atoms with Crippen LogP contribution < -0.4 is 5.56 Å². The Kier molecular flexibility index (Phi) is 2.50. The third-order valence-corrected chi connectivity index (χ3v) is 4.04. The van der Waals surface area contributed by atoms with Gasteiger partial charge in [-0.1, -0.05) is 6.42 Å². The highest BCUT2D eigenvalue weighted by Crippen LogP contribution is 2.37. The zero-order valence-corrected chi connectivity index (χ0v) is 9.69. The number of nitrogens with zero attached hydrogens (tertiary/aromatic N) is 1. The summed E-state index contributed by atoms with van der Waals surface area (Å²) in [5.41, 5.74) is 0.295. The molecule has 4 heteroatoms. The smallest absolute Gasteiger partial charge is 0.254 e. The third-order valence-electron chi connectivity index (χ3n) is 4.04. The second-order valence-corrected chi connectivity index (χ2v) is 5.10. The minimum atomic E-state index is -0.213. The Bertz CT molecular complexity index is 482. The van der Waals surface area contributed by atoms with Crippen LogP contribution in [0, 0.1) is 11.8 Å². The highest BCUT2D eigenvalue weighted by Gasteiger charge is 2.38. The van der Waals surface area contributed by atoms with E-state index < -0.39 is 0 Å². The number of aromatic nitrogens is 1. The molecule has 0 radical (unpaired) electrons. The van der Waals surface area contributed by atoms with Crippen LogP contribution in [0.5, 0.6) is 0 Å². The minimum Gasteiger partial charge on any atom is -0.338 e. The summed E-state index contributed by atoms with van der Waals surface area (Å²) in [4.78, 5) is 27.8. The molecule has 0 spiro atoms. The van der Waals surface area contributed by atoms with Crippen molar-refractivity contribution in [3.8, 4) is 0 Å². The van der Waals surface area contributed by atoms with Gasteiger partial charge in [-0.2, -0.15) is 0 Å². The second kappa shape index (κ2) is 4.02. The standard InChI is InChI=1S/C13H16N2O2/c16-12-6-9(4-5-14-12)13(17)15-7-10-2-1-3-11(10)8-15/h4-6,10-11H,1-3,7-8H2,(H,14,16). The number of nitrogens with one attached hydrogen (secondary N) is 1. The number of carbonyl (C=O) groups is 1. The second-order valence-electron chi connectivity index (χ2n) is 5.10. The molecule has 17 heavy (non-hydrogen) atoms. The van der Waals surface area contributed by atoms with E-state index in [4.69, 9.17) is 0 Å². The van der Waals surface area contributed by atoms with Crippen LogP contribution in [-0.4, -0.2) is 28.9 Å². The summed E-state index contributed by atoms with van der Waals surface area (Å²) in [6.45, 7) is 1.74. The Balaban J connectivity index is 1.77. The summed E-state index contributed by atoms with van der Waals surface area (Å²) < 4.78 is 0. The predicted octanol–water partition coefficient (Wildman–Crippen LogP) is 1.25. The molecule has 0 bridgehead atoms. The quantitative estimate of drug-likeness (QED) is 0.792. The van der Waals surface area contributed by atoms with Crippen molar-refractivity contribution in [2.45, 2.75) is 19.3 Å². The molecule has 1 aliphatic heterocycles. The molecule has 1 saturated carbocycles. The van der Waals surface area contributed by atoms with Crippen LogP contribution in [0.25, 0.3) is 0 Å². The minimum absolute atomic E-state index is 0.00509. The summed E-state index contributed by atoms with van der Waals surface area (Å²) in [6.07, 6.45) is 5.35. The summed E-state index contributed by atoms with van der Waals surface area (Å²) in [5, 5.41) is 0. The van der Waals surface area contributed by atoms with Crippen molar-refractivity contribution in [2.24, 2.45) is 11.8 Å². The molecule has 2 fully saturated rings. The van der Waals surface area contributed by atoms with Crippen LogP contribution in [0.1, 0.15) is 29.6 Å². The van der Waals surface area contributed by atoms with Gasteiger partial charge in [0.1, 0.15) is 0 Å². The van der Waals surface area contributed by atoms with E-state index in [9.17, 15) is 9.59 Å². The van der Waals surface area contributed by atoms with Crippen LogP contribution in [0.2, 0.25) is 0 Å². The van der Waals surface area contributed by atoms with E-state index >= 15 is 0 Å². The van der Waals surface area contributed by atoms with Crippen LogP contribution in [-0.2, 0) is 0 Å². The van der Waals surface area contributed by atoms with Crippen LogP contribution in [0.3, 0.4) is 0 Å². The van der Waals surface area contributed by atoms with E-state index in [2.05, 4.69) is 4.98 Å². The lowest BCUT2D eigenvalue weighted by Crippen LogP contribution is -2.30. The van der Waals surface area contributed by atoms with Crippen molar-refractivity contribution in [3.05, 3.63) is 34.2 Å². The Morgan fingerprint density at radius 3 is 2.65 bits per heavy atom. The monoisotopic (exact) mass is 232 g/mol. The molecule has 1 amide bonds. The number of pyridine rings is 1. The molecule has 1 aromatic heterocycles. The van der Waals surface area contributed by atoms with Gasteiger partial charge in [-0.15, -0.1) is 0 Å². The van der Waals surface area contributed by atoms with E-state index in [0.29, 0.717) is 17.4 Å². The number of H-pyrrole nitrogens is 1. The van der Waals surface area contributed by atoms with Crippen LogP contribution >= 0.6 is 0 Å². The van der Waals surface area contributed by atoms with Gasteiger partial charge >= 0.3 is 0 Å².